The van der Waals surface area contributed by atoms with Gasteiger partial charge in [0, 0.05) is 11.9 Å². The molecular formula is C15H17N3O. The van der Waals surface area contributed by atoms with Gasteiger partial charge in [0.25, 0.3) is 5.91 Å². The average molecular weight is 255 g/mol. The monoisotopic (exact) mass is 255 g/mol. The van der Waals surface area contributed by atoms with E-state index in [-0.39, 0.29) is 5.91 Å². The number of benzene rings is 1. The van der Waals surface area contributed by atoms with Crippen LogP contribution < -0.4 is 11.1 Å². The molecule has 0 spiro atoms. The molecule has 0 aliphatic rings. The third-order valence-electron chi connectivity index (χ3n) is 2.86. The van der Waals surface area contributed by atoms with Crippen molar-refractivity contribution in [2.45, 2.75) is 19.8 Å². The van der Waals surface area contributed by atoms with Gasteiger partial charge in [-0.25, -0.2) is 4.98 Å². The second kappa shape index (κ2) is 5.52. The molecule has 2 aromatic rings. The highest BCUT2D eigenvalue weighted by molar-refractivity contribution is 6.04. The van der Waals surface area contributed by atoms with Gasteiger partial charge in [0.1, 0.15) is 5.82 Å². The van der Waals surface area contributed by atoms with Gasteiger partial charge in [0.15, 0.2) is 0 Å². The maximum Gasteiger partial charge on any atom is 0.257 e. The zero-order valence-electron chi connectivity index (χ0n) is 11.1. The lowest BCUT2D eigenvalue weighted by Gasteiger charge is -2.09. The number of carbonyl (C=O) groups is 1. The van der Waals surface area contributed by atoms with Crippen molar-refractivity contribution >= 4 is 17.4 Å². The lowest BCUT2D eigenvalue weighted by molar-refractivity contribution is 0.102. The molecule has 3 N–H and O–H groups in total. The molecule has 0 aliphatic carbocycles. The number of anilines is 2. The predicted octanol–water partition coefficient (Wildman–Crippen LogP) is 3.04. The van der Waals surface area contributed by atoms with Crippen LogP contribution in [-0.2, 0) is 0 Å². The van der Waals surface area contributed by atoms with Crippen LogP contribution in [0.25, 0.3) is 0 Å². The molecule has 0 saturated carbocycles. The second-order valence-corrected chi connectivity index (χ2v) is 4.71. The summed E-state index contributed by atoms with van der Waals surface area (Å²) in [7, 11) is 0. The highest BCUT2D eigenvalue weighted by Crippen LogP contribution is 2.19. The minimum atomic E-state index is -0.187. The van der Waals surface area contributed by atoms with Crippen molar-refractivity contribution in [2.75, 3.05) is 11.1 Å². The number of nitrogens with zero attached hydrogens (tertiary/aromatic N) is 1. The van der Waals surface area contributed by atoms with E-state index in [1.165, 1.54) is 11.8 Å². The Morgan fingerprint density at radius 1 is 1.26 bits per heavy atom. The number of rotatable bonds is 3. The third kappa shape index (κ3) is 3.31. The minimum Gasteiger partial charge on any atom is -0.384 e. The smallest absolute Gasteiger partial charge is 0.257 e. The first kappa shape index (κ1) is 13.1. The summed E-state index contributed by atoms with van der Waals surface area (Å²) >= 11 is 0. The van der Waals surface area contributed by atoms with E-state index in [9.17, 15) is 4.79 Å². The average Bonchev–Trinajstić information content (AvgIpc) is 2.39. The molecule has 2 rings (SSSR count). The Balaban J connectivity index is 2.14. The van der Waals surface area contributed by atoms with Crippen molar-refractivity contribution in [3.05, 3.63) is 53.7 Å². The Kier molecular flexibility index (Phi) is 3.80. The first-order valence-electron chi connectivity index (χ1n) is 6.19. The van der Waals surface area contributed by atoms with Crippen LogP contribution in [-0.4, -0.2) is 10.9 Å². The predicted molar refractivity (Wildman–Crippen MR) is 77.1 cm³/mol. The maximum atomic E-state index is 12.0. The number of hydrogen-bond acceptors (Lipinski definition) is 3. The van der Waals surface area contributed by atoms with Gasteiger partial charge in [-0.05, 0) is 35.7 Å². The van der Waals surface area contributed by atoms with Crippen LogP contribution in [0.1, 0.15) is 35.7 Å². The van der Waals surface area contributed by atoms with Crippen LogP contribution in [0.5, 0.6) is 0 Å². The summed E-state index contributed by atoms with van der Waals surface area (Å²) in [5.74, 6) is 0.641. The zero-order chi connectivity index (χ0) is 13.8. The third-order valence-corrected chi connectivity index (χ3v) is 2.86. The Bertz CT molecular complexity index is 576. The number of aromatic nitrogens is 1. The van der Waals surface area contributed by atoms with Gasteiger partial charge in [-0.1, -0.05) is 26.0 Å². The van der Waals surface area contributed by atoms with Crippen molar-refractivity contribution in [1.29, 1.82) is 0 Å². The van der Waals surface area contributed by atoms with Crippen molar-refractivity contribution in [2.24, 2.45) is 0 Å². The molecule has 0 bridgehead atoms. The Hall–Kier alpha value is -2.36. The SMILES string of the molecule is CC(C)c1cccc(NC(=O)c2ccc(N)nc2)c1. The van der Waals surface area contributed by atoms with E-state index in [0.29, 0.717) is 17.3 Å². The molecule has 1 amide bonds. The highest BCUT2D eigenvalue weighted by Gasteiger charge is 2.07. The van der Waals surface area contributed by atoms with Crippen LogP contribution in [0.15, 0.2) is 42.6 Å². The topological polar surface area (TPSA) is 68.0 Å². The van der Waals surface area contributed by atoms with E-state index < -0.39 is 0 Å². The molecule has 0 saturated heterocycles. The highest BCUT2D eigenvalue weighted by atomic mass is 16.1. The summed E-state index contributed by atoms with van der Waals surface area (Å²) in [5, 5.41) is 2.85. The number of nitrogen functional groups attached to an aromatic ring is 1. The molecule has 0 fully saturated rings. The Labute approximate surface area is 112 Å². The molecule has 4 heteroatoms. The summed E-state index contributed by atoms with van der Waals surface area (Å²) in [5.41, 5.74) is 7.95. The number of hydrogen-bond donors (Lipinski definition) is 2. The van der Waals surface area contributed by atoms with Gasteiger partial charge in [0.2, 0.25) is 0 Å². The number of amides is 1. The first-order valence-corrected chi connectivity index (χ1v) is 6.19. The van der Waals surface area contributed by atoms with E-state index in [1.54, 1.807) is 12.1 Å². The standard InChI is InChI=1S/C15H17N3O/c1-10(2)11-4-3-5-13(8-11)18-15(19)12-6-7-14(16)17-9-12/h3-10H,1-2H3,(H2,16,17)(H,18,19). The fraction of sp³-hybridized carbons (Fsp3) is 0.200. The van der Waals surface area contributed by atoms with Crippen molar-refractivity contribution in [3.63, 3.8) is 0 Å². The van der Waals surface area contributed by atoms with E-state index in [0.717, 1.165) is 5.69 Å². The second-order valence-electron chi connectivity index (χ2n) is 4.71. The van der Waals surface area contributed by atoms with Crippen molar-refractivity contribution in [1.82, 2.24) is 4.98 Å². The molecule has 0 radical (unpaired) electrons. The lowest BCUT2D eigenvalue weighted by Crippen LogP contribution is -2.12. The van der Waals surface area contributed by atoms with Crippen LogP contribution in [0.2, 0.25) is 0 Å². The Morgan fingerprint density at radius 2 is 2.05 bits per heavy atom. The van der Waals surface area contributed by atoms with Crippen molar-refractivity contribution < 1.29 is 4.79 Å². The molecule has 1 aromatic carbocycles. The molecule has 19 heavy (non-hydrogen) atoms. The fourth-order valence-electron chi connectivity index (χ4n) is 1.72. The summed E-state index contributed by atoms with van der Waals surface area (Å²) in [4.78, 5) is 15.9. The number of nitrogens with one attached hydrogen (secondary N) is 1. The summed E-state index contributed by atoms with van der Waals surface area (Å²) in [6.45, 7) is 4.23. The van der Waals surface area contributed by atoms with Crippen LogP contribution >= 0.6 is 0 Å². The molecule has 1 aromatic heterocycles. The lowest BCUT2D eigenvalue weighted by atomic mass is 10.0. The van der Waals surface area contributed by atoms with Gasteiger partial charge in [0.05, 0.1) is 5.56 Å². The fourth-order valence-corrected chi connectivity index (χ4v) is 1.72. The Morgan fingerprint density at radius 3 is 2.68 bits per heavy atom. The van der Waals surface area contributed by atoms with Crippen LogP contribution in [0, 0.1) is 0 Å². The van der Waals surface area contributed by atoms with Gasteiger partial charge in [-0.3, -0.25) is 4.79 Å². The van der Waals surface area contributed by atoms with E-state index in [4.69, 9.17) is 5.73 Å². The number of pyridine rings is 1. The molecule has 0 atom stereocenters. The summed E-state index contributed by atoms with van der Waals surface area (Å²) in [6, 6.07) is 11.1. The van der Waals surface area contributed by atoms with Gasteiger partial charge < -0.3 is 11.1 Å². The number of nitrogens with two attached hydrogens (primary N) is 1. The largest absolute Gasteiger partial charge is 0.384 e. The molecular weight excluding hydrogens is 238 g/mol. The van der Waals surface area contributed by atoms with Crippen molar-refractivity contribution in [3.8, 4) is 0 Å². The normalized spacial score (nSPS) is 10.5. The summed E-state index contributed by atoms with van der Waals surface area (Å²) in [6.07, 6.45) is 1.47. The summed E-state index contributed by atoms with van der Waals surface area (Å²) < 4.78 is 0. The molecule has 1 heterocycles. The quantitative estimate of drug-likeness (QED) is 0.885. The number of carbonyl (C=O) groups excluding carboxylic acids is 1. The van der Waals surface area contributed by atoms with E-state index >= 15 is 0 Å². The van der Waals surface area contributed by atoms with Gasteiger partial charge >= 0.3 is 0 Å². The zero-order valence-corrected chi connectivity index (χ0v) is 11.1. The molecule has 0 aliphatic heterocycles. The van der Waals surface area contributed by atoms with Crippen LogP contribution in [0.4, 0.5) is 11.5 Å². The molecule has 98 valence electrons. The molecule has 4 nitrogen and oxygen atoms in total. The van der Waals surface area contributed by atoms with Gasteiger partial charge in [-0.15, -0.1) is 0 Å². The van der Waals surface area contributed by atoms with Crippen LogP contribution in [0.3, 0.4) is 0 Å². The first-order chi connectivity index (χ1) is 9.06. The minimum absolute atomic E-state index is 0.187. The van der Waals surface area contributed by atoms with E-state index in [2.05, 4.69) is 24.1 Å². The maximum absolute atomic E-state index is 12.0. The molecule has 0 unspecified atom stereocenters. The van der Waals surface area contributed by atoms with Gasteiger partial charge in [-0.2, -0.15) is 0 Å². The van der Waals surface area contributed by atoms with E-state index in [1.807, 2.05) is 24.3 Å².